The van der Waals surface area contributed by atoms with Crippen molar-refractivity contribution in [3.8, 4) is 6.07 Å². The van der Waals surface area contributed by atoms with E-state index in [0.29, 0.717) is 60.3 Å². The van der Waals surface area contributed by atoms with Crippen LogP contribution in [0.2, 0.25) is 0 Å². The lowest BCUT2D eigenvalue weighted by atomic mass is 9.82. The van der Waals surface area contributed by atoms with Crippen molar-refractivity contribution in [2.45, 2.75) is 136 Å². The smallest absolute Gasteiger partial charge is 0.331 e. The number of ether oxygens (including phenoxy) is 2. The van der Waals surface area contributed by atoms with Crippen LogP contribution >= 0.6 is 23.1 Å². The lowest BCUT2D eigenvalue weighted by Crippen LogP contribution is -2.50. The predicted molar refractivity (Wildman–Crippen MR) is 172 cm³/mol. The lowest BCUT2D eigenvalue weighted by molar-refractivity contribution is -0.178. The number of aromatic nitrogens is 4. The van der Waals surface area contributed by atoms with Gasteiger partial charge in [-0.05, 0) is 104 Å². The Morgan fingerprint density at radius 1 is 0.889 bits per heavy atom. The molecule has 2 rings (SSSR count). The van der Waals surface area contributed by atoms with Crippen molar-refractivity contribution in [2.24, 2.45) is 0 Å². The highest BCUT2D eigenvalue weighted by molar-refractivity contribution is 7.06. The first-order valence-electron chi connectivity index (χ1n) is 15.0. The minimum absolute atomic E-state index is 0.198. The summed E-state index contributed by atoms with van der Waals surface area (Å²) < 4.78 is 19.4. The third-order valence-corrected chi connectivity index (χ3v) is 8.02. The zero-order chi connectivity index (χ0) is 34.3. The maximum atomic E-state index is 13.3. The Balaban J connectivity index is 0.000000507. The standard InChI is InChI=1S/C20H31N3O4S.C11H15N3O2S/c1-14-22-15(28-23-14)20(12-10-9-11-13-21-8,16(24)26-18(2,3)4)17(25)27-19(5,6)7;1-8-13-10(17-14-8)9(11(15)16)6-4-2-3-5-7-12/h9-13H2,1-7H3;9H,2-6H2,1H3,(H,15,16). The van der Waals surface area contributed by atoms with Crippen molar-refractivity contribution in [3.05, 3.63) is 33.1 Å². The van der Waals surface area contributed by atoms with Gasteiger partial charge < -0.3 is 19.4 Å². The molecule has 2 aromatic rings. The SMILES string of the molecule is Cc1nsc(C(CCCCCC#N)C(=O)O)n1.[C-]#[N+]CCCCCC(C(=O)OC(C)(C)C)(C(=O)OC(C)(C)C)c1nc(C)ns1. The van der Waals surface area contributed by atoms with Gasteiger partial charge in [0.25, 0.3) is 0 Å². The van der Waals surface area contributed by atoms with Crippen LogP contribution in [-0.4, -0.2) is 59.5 Å². The molecule has 0 aromatic carbocycles. The Morgan fingerprint density at radius 3 is 1.89 bits per heavy atom. The highest BCUT2D eigenvalue weighted by Crippen LogP contribution is 2.37. The number of esters is 2. The molecule has 0 aliphatic heterocycles. The fourth-order valence-electron chi connectivity index (χ4n) is 4.06. The zero-order valence-corrected chi connectivity index (χ0v) is 29.3. The average Bonchev–Trinajstić information content (AvgIpc) is 3.54. The van der Waals surface area contributed by atoms with Crippen molar-refractivity contribution >= 4 is 41.0 Å². The number of aliphatic carboxylic acids is 1. The molecule has 0 bridgehead atoms. The number of nitriles is 1. The van der Waals surface area contributed by atoms with Crippen LogP contribution in [0.15, 0.2) is 0 Å². The third kappa shape index (κ3) is 14.0. The molecule has 2 heterocycles. The van der Waals surface area contributed by atoms with Crippen molar-refractivity contribution < 1.29 is 29.0 Å². The number of nitrogens with zero attached hydrogens (tertiary/aromatic N) is 6. The van der Waals surface area contributed by atoms with Crippen molar-refractivity contribution in [1.82, 2.24) is 18.7 Å². The number of aryl methyl sites for hydroxylation is 2. The largest absolute Gasteiger partial charge is 0.481 e. The Kier molecular flexibility index (Phi) is 16.2. The predicted octanol–water partition coefficient (Wildman–Crippen LogP) is 6.74. The number of hydrogen-bond donors (Lipinski definition) is 1. The molecular formula is C31H46N6O6S2. The normalized spacial score (nSPS) is 12.2. The van der Waals surface area contributed by atoms with Gasteiger partial charge in [-0.25, -0.2) is 16.5 Å². The summed E-state index contributed by atoms with van der Waals surface area (Å²) in [5.41, 5.74) is -3.20. The van der Waals surface area contributed by atoms with Crippen LogP contribution in [-0.2, 0) is 29.3 Å². The molecule has 0 spiro atoms. The number of hydrogen-bond acceptors (Lipinski definition) is 12. The minimum Gasteiger partial charge on any atom is -0.481 e. The Hall–Kier alpha value is -3.49. The van der Waals surface area contributed by atoms with E-state index in [1.165, 1.54) is 0 Å². The van der Waals surface area contributed by atoms with E-state index in [2.05, 4.69) is 29.6 Å². The number of rotatable bonds is 15. The van der Waals surface area contributed by atoms with Gasteiger partial charge in [0.05, 0.1) is 6.07 Å². The molecule has 1 atom stereocenters. The summed E-state index contributed by atoms with van der Waals surface area (Å²) in [6.07, 6.45) is 5.80. The number of unbranched alkanes of at least 4 members (excludes halogenated alkanes) is 5. The first-order valence-corrected chi connectivity index (χ1v) is 16.5. The van der Waals surface area contributed by atoms with E-state index < -0.39 is 40.4 Å². The molecule has 14 heteroatoms. The molecular weight excluding hydrogens is 617 g/mol. The molecule has 0 fully saturated rings. The molecule has 1 N–H and O–H groups in total. The van der Waals surface area contributed by atoms with E-state index in [1.807, 2.05) is 0 Å². The van der Waals surface area contributed by atoms with Gasteiger partial charge in [-0.2, -0.15) is 14.0 Å². The van der Waals surface area contributed by atoms with Crippen molar-refractivity contribution in [2.75, 3.05) is 6.54 Å². The van der Waals surface area contributed by atoms with E-state index in [0.717, 1.165) is 42.3 Å². The summed E-state index contributed by atoms with van der Waals surface area (Å²) in [5, 5.41) is 18.4. The molecule has 0 aliphatic rings. The minimum atomic E-state index is -1.66. The maximum Gasteiger partial charge on any atom is 0.331 e. The topological polar surface area (TPSA) is 170 Å². The Morgan fingerprint density at radius 2 is 1.44 bits per heavy atom. The van der Waals surface area contributed by atoms with Gasteiger partial charge in [-0.3, -0.25) is 14.4 Å². The van der Waals surface area contributed by atoms with Crippen LogP contribution in [0.1, 0.15) is 127 Å². The molecule has 0 radical (unpaired) electrons. The summed E-state index contributed by atoms with van der Waals surface area (Å²) in [5.74, 6) is -1.62. The zero-order valence-electron chi connectivity index (χ0n) is 27.6. The third-order valence-electron chi connectivity index (χ3n) is 6.13. The van der Waals surface area contributed by atoms with E-state index in [9.17, 15) is 14.4 Å². The van der Waals surface area contributed by atoms with Crippen LogP contribution in [0, 0.1) is 31.8 Å². The number of carbonyl (C=O) groups excluding carboxylic acids is 2. The van der Waals surface area contributed by atoms with Gasteiger partial charge in [-0.1, -0.05) is 19.3 Å². The van der Waals surface area contributed by atoms with Gasteiger partial charge in [-0.15, -0.1) is 0 Å². The second kappa shape index (κ2) is 18.5. The number of carboxylic acid groups (broad SMARTS) is 1. The fraction of sp³-hybridized carbons (Fsp3) is 0.710. The van der Waals surface area contributed by atoms with E-state index >= 15 is 0 Å². The van der Waals surface area contributed by atoms with Gasteiger partial charge in [0.1, 0.15) is 38.8 Å². The van der Waals surface area contributed by atoms with Gasteiger partial charge in [0, 0.05) is 12.8 Å². The highest BCUT2D eigenvalue weighted by atomic mass is 32.1. The second-order valence-corrected chi connectivity index (χ2v) is 14.1. The van der Waals surface area contributed by atoms with E-state index in [4.69, 9.17) is 26.4 Å². The number of carboxylic acids is 1. The van der Waals surface area contributed by atoms with Crippen LogP contribution in [0.3, 0.4) is 0 Å². The number of carbonyl (C=O) groups is 3. The van der Waals surface area contributed by atoms with Gasteiger partial charge >= 0.3 is 17.9 Å². The fourth-order valence-corrected chi connectivity index (χ4v) is 5.71. The molecule has 12 nitrogen and oxygen atoms in total. The lowest BCUT2D eigenvalue weighted by Gasteiger charge is -2.33. The van der Waals surface area contributed by atoms with Crippen LogP contribution in [0.4, 0.5) is 0 Å². The molecule has 248 valence electrons. The Labute approximate surface area is 274 Å². The quantitative estimate of drug-likeness (QED) is 0.0927. The summed E-state index contributed by atoms with van der Waals surface area (Å²) in [7, 11) is 0. The van der Waals surface area contributed by atoms with Crippen LogP contribution in [0.5, 0.6) is 0 Å². The Bertz CT molecular complexity index is 1300. The molecule has 2 aromatic heterocycles. The van der Waals surface area contributed by atoms with E-state index in [1.54, 1.807) is 55.4 Å². The van der Waals surface area contributed by atoms with Crippen molar-refractivity contribution in [1.29, 1.82) is 5.26 Å². The summed E-state index contributed by atoms with van der Waals surface area (Å²) >= 11 is 2.18. The monoisotopic (exact) mass is 662 g/mol. The first-order chi connectivity index (χ1) is 21.0. The summed E-state index contributed by atoms with van der Waals surface area (Å²) in [6, 6.07) is 2.08. The van der Waals surface area contributed by atoms with Crippen molar-refractivity contribution in [3.63, 3.8) is 0 Å². The molecule has 0 amide bonds. The van der Waals surface area contributed by atoms with E-state index in [-0.39, 0.29) is 6.42 Å². The van der Waals surface area contributed by atoms with Crippen LogP contribution < -0.4 is 0 Å². The maximum absolute atomic E-state index is 13.3. The molecule has 45 heavy (non-hydrogen) atoms. The molecule has 1 unspecified atom stereocenters. The van der Waals surface area contributed by atoms with Gasteiger partial charge in [0.2, 0.25) is 12.0 Å². The highest BCUT2D eigenvalue weighted by Gasteiger charge is 2.54. The first kappa shape index (κ1) is 39.5. The molecule has 0 saturated carbocycles. The summed E-state index contributed by atoms with van der Waals surface area (Å²) in [4.78, 5) is 49.5. The van der Waals surface area contributed by atoms with Gasteiger partial charge in [0.15, 0.2) is 0 Å². The molecule has 0 aliphatic carbocycles. The average molecular weight is 663 g/mol. The van der Waals surface area contributed by atoms with Crippen LogP contribution in [0.25, 0.3) is 4.85 Å². The summed E-state index contributed by atoms with van der Waals surface area (Å²) in [6.45, 7) is 21.3. The second-order valence-electron chi connectivity index (χ2n) is 12.6. The molecule has 0 saturated heterocycles.